The van der Waals surface area contributed by atoms with Gasteiger partial charge >= 0.3 is 5.97 Å². The molecule has 1 unspecified atom stereocenters. The van der Waals surface area contributed by atoms with Gasteiger partial charge in [-0.05, 0) is 67.2 Å². The molecule has 0 heterocycles. The summed E-state index contributed by atoms with van der Waals surface area (Å²) in [5.74, 6) is -1.49. The number of amides is 1. The van der Waals surface area contributed by atoms with E-state index >= 15 is 0 Å². The van der Waals surface area contributed by atoms with Gasteiger partial charge in [-0.3, -0.25) is 4.79 Å². The lowest BCUT2D eigenvalue weighted by atomic mass is 10.2. The number of esters is 1. The van der Waals surface area contributed by atoms with Crippen LogP contribution in [0.25, 0.3) is 0 Å². The number of carbonyl (C=O) groups is 2. The lowest BCUT2D eigenvalue weighted by Crippen LogP contribution is -2.56. The quantitative estimate of drug-likeness (QED) is 0.146. The Hall–Kier alpha value is -2.13. The lowest BCUT2D eigenvalue weighted by molar-refractivity contribution is 0.0499. The van der Waals surface area contributed by atoms with Crippen LogP contribution in [0, 0.1) is 5.82 Å². The van der Waals surface area contributed by atoms with E-state index in [0.29, 0.717) is 17.9 Å². The van der Waals surface area contributed by atoms with E-state index in [2.05, 4.69) is 16.0 Å². The first-order valence-electron chi connectivity index (χ1n) is 9.58. The van der Waals surface area contributed by atoms with E-state index in [1.54, 1.807) is 24.3 Å². The van der Waals surface area contributed by atoms with Crippen molar-refractivity contribution in [1.29, 1.82) is 0 Å². The fourth-order valence-corrected chi connectivity index (χ4v) is 2.96. The van der Waals surface area contributed by atoms with Crippen LogP contribution in [-0.4, -0.2) is 33.6 Å². The number of halogens is 4. The van der Waals surface area contributed by atoms with Gasteiger partial charge in [0.1, 0.15) is 12.0 Å². The molecule has 172 valence electrons. The number of benzene rings is 2. The zero-order valence-corrected chi connectivity index (χ0v) is 20.0. The molecule has 0 radical (unpaired) electrons. The van der Waals surface area contributed by atoms with Crippen molar-refractivity contribution < 1.29 is 18.7 Å². The third-order valence-electron chi connectivity index (χ3n) is 4.09. The van der Waals surface area contributed by atoms with Gasteiger partial charge in [-0.15, -0.1) is 0 Å². The second-order valence-corrected chi connectivity index (χ2v) is 9.40. The molecule has 2 aromatic carbocycles. The molecule has 0 bridgehead atoms. The van der Waals surface area contributed by atoms with Gasteiger partial charge in [0, 0.05) is 11.3 Å². The second-order valence-electron chi connectivity index (χ2n) is 6.62. The third-order valence-corrected chi connectivity index (χ3v) is 4.97. The Labute approximate surface area is 205 Å². The molecule has 0 aliphatic carbocycles. The van der Waals surface area contributed by atoms with Crippen molar-refractivity contribution in [2.45, 2.75) is 29.7 Å². The molecule has 0 aromatic heterocycles. The van der Waals surface area contributed by atoms with Gasteiger partial charge in [-0.25, -0.2) is 9.18 Å². The molecule has 3 N–H and O–H groups in total. The molecule has 1 atom stereocenters. The minimum atomic E-state index is -1.95. The van der Waals surface area contributed by atoms with Gasteiger partial charge in [0.2, 0.25) is 3.79 Å². The van der Waals surface area contributed by atoms with Crippen LogP contribution in [-0.2, 0) is 4.74 Å². The van der Waals surface area contributed by atoms with Gasteiger partial charge in [0.25, 0.3) is 5.91 Å². The van der Waals surface area contributed by atoms with Crippen LogP contribution in [0.5, 0.6) is 0 Å². The Morgan fingerprint density at radius 1 is 1.03 bits per heavy atom. The Bertz CT molecular complexity index is 938. The molecule has 6 nitrogen and oxygen atoms in total. The molecule has 0 aliphatic rings. The van der Waals surface area contributed by atoms with Gasteiger partial charge in [0.15, 0.2) is 5.11 Å². The molecule has 0 aliphatic heterocycles. The number of thiocarbonyl (C=S) groups is 1. The number of anilines is 1. The first-order valence-corrected chi connectivity index (χ1v) is 11.1. The maximum Gasteiger partial charge on any atom is 0.338 e. The van der Waals surface area contributed by atoms with Crippen LogP contribution in [0.2, 0.25) is 0 Å². The molecule has 2 rings (SSSR count). The van der Waals surface area contributed by atoms with Crippen molar-refractivity contribution in [2.24, 2.45) is 0 Å². The summed E-state index contributed by atoms with van der Waals surface area (Å²) in [6.45, 7) is 2.37. The number of hydrogen-bond acceptors (Lipinski definition) is 4. The van der Waals surface area contributed by atoms with Gasteiger partial charge < -0.3 is 20.7 Å². The highest BCUT2D eigenvalue weighted by molar-refractivity contribution is 7.80. The topological polar surface area (TPSA) is 79.5 Å². The van der Waals surface area contributed by atoms with Crippen LogP contribution < -0.4 is 16.0 Å². The summed E-state index contributed by atoms with van der Waals surface area (Å²) in [6.07, 6.45) is 0.533. The smallest absolute Gasteiger partial charge is 0.338 e. The molecular weight excluding hydrogens is 500 g/mol. The minimum absolute atomic E-state index is 0.0546. The predicted octanol–water partition coefficient (Wildman–Crippen LogP) is 5.20. The van der Waals surface area contributed by atoms with Crippen molar-refractivity contribution >= 4 is 69.7 Å². The van der Waals surface area contributed by atoms with Crippen LogP contribution in [0.15, 0.2) is 48.5 Å². The van der Waals surface area contributed by atoms with E-state index in [0.717, 1.165) is 25.0 Å². The fourth-order valence-electron chi connectivity index (χ4n) is 2.40. The summed E-state index contributed by atoms with van der Waals surface area (Å²) in [4.78, 5) is 24.4. The van der Waals surface area contributed by atoms with Gasteiger partial charge in [0.05, 0.1) is 12.2 Å². The maximum absolute atomic E-state index is 13.1. The van der Waals surface area contributed by atoms with Crippen molar-refractivity contribution in [3.8, 4) is 0 Å². The second kappa shape index (κ2) is 12.2. The lowest BCUT2D eigenvalue weighted by Gasteiger charge is -2.27. The number of alkyl halides is 3. The van der Waals surface area contributed by atoms with Crippen molar-refractivity contribution in [1.82, 2.24) is 10.6 Å². The number of carbonyl (C=O) groups excluding carboxylic acids is 2. The summed E-state index contributed by atoms with van der Waals surface area (Å²) >= 11 is 23.1. The van der Waals surface area contributed by atoms with Crippen LogP contribution in [0.3, 0.4) is 0 Å². The summed E-state index contributed by atoms with van der Waals surface area (Å²) in [7, 11) is 0. The van der Waals surface area contributed by atoms with Gasteiger partial charge in [-0.1, -0.05) is 48.1 Å². The average Bonchev–Trinajstić information content (AvgIpc) is 2.73. The Morgan fingerprint density at radius 3 is 2.19 bits per heavy atom. The molecule has 0 spiro atoms. The van der Waals surface area contributed by atoms with Crippen molar-refractivity contribution in [3.63, 3.8) is 0 Å². The number of rotatable bonds is 8. The fraction of sp³-hybridized carbons (Fsp3) is 0.286. The zero-order chi connectivity index (χ0) is 23.7. The summed E-state index contributed by atoms with van der Waals surface area (Å²) in [6, 6.07) is 11.3. The highest BCUT2D eigenvalue weighted by Gasteiger charge is 2.35. The first kappa shape index (κ1) is 26.1. The van der Waals surface area contributed by atoms with Crippen LogP contribution in [0.4, 0.5) is 10.1 Å². The summed E-state index contributed by atoms with van der Waals surface area (Å²) < 4.78 is 16.3. The molecule has 0 saturated carbocycles. The third kappa shape index (κ3) is 8.43. The highest BCUT2D eigenvalue weighted by atomic mass is 35.6. The van der Waals surface area contributed by atoms with Crippen LogP contribution >= 0.6 is 47.0 Å². The van der Waals surface area contributed by atoms with E-state index in [1.165, 1.54) is 12.1 Å². The zero-order valence-electron chi connectivity index (χ0n) is 17.0. The molecule has 0 fully saturated rings. The monoisotopic (exact) mass is 519 g/mol. The largest absolute Gasteiger partial charge is 0.462 e. The first-order chi connectivity index (χ1) is 15.1. The highest BCUT2D eigenvalue weighted by Crippen LogP contribution is 2.29. The van der Waals surface area contributed by atoms with E-state index < -0.39 is 27.7 Å². The molecule has 11 heteroatoms. The molecule has 32 heavy (non-hydrogen) atoms. The van der Waals surface area contributed by atoms with E-state index in [9.17, 15) is 14.0 Å². The number of hydrogen-bond donors (Lipinski definition) is 3. The normalized spacial score (nSPS) is 11.9. The van der Waals surface area contributed by atoms with Gasteiger partial charge in [-0.2, -0.15) is 0 Å². The maximum atomic E-state index is 13.1. The Kier molecular flexibility index (Phi) is 9.96. The summed E-state index contributed by atoms with van der Waals surface area (Å²) in [5, 5.41) is 8.15. The van der Waals surface area contributed by atoms with E-state index in [-0.39, 0.29) is 10.7 Å². The van der Waals surface area contributed by atoms with E-state index in [4.69, 9.17) is 51.8 Å². The molecular formula is C21H21Cl3FN3O3S. The molecule has 1 amide bonds. The molecule has 0 saturated heterocycles. The predicted molar refractivity (Wildman–Crippen MR) is 129 cm³/mol. The number of nitrogens with one attached hydrogen (secondary N) is 3. The number of unbranched alkanes of at least 4 members (excludes halogenated alkanes) is 1. The standard InChI is InChI=1S/C21H21Cl3FN3O3S/c1-2-3-12-31-18(30)14-6-10-16(11-7-14)26-20(32)28-19(21(22,23)24)27-17(29)13-4-8-15(25)9-5-13/h4-11,19H,2-3,12H2,1H3,(H,27,29)(H2,26,28,32). The molecule has 2 aromatic rings. The SMILES string of the molecule is CCCCOC(=O)c1ccc(NC(=S)NC(NC(=O)c2ccc(F)cc2)C(Cl)(Cl)Cl)cc1. The average molecular weight is 521 g/mol. The minimum Gasteiger partial charge on any atom is -0.462 e. The summed E-state index contributed by atoms with van der Waals surface area (Å²) in [5.41, 5.74) is 1.13. The number of ether oxygens (including phenoxy) is 1. The van der Waals surface area contributed by atoms with E-state index in [1.807, 2.05) is 6.92 Å². The van der Waals surface area contributed by atoms with Crippen molar-refractivity contribution in [2.75, 3.05) is 11.9 Å². The Morgan fingerprint density at radius 2 is 1.62 bits per heavy atom. The van der Waals surface area contributed by atoms with Crippen molar-refractivity contribution in [3.05, 3.63) is 65.5 Å². The van der Waals surface area contributed by atoms with Crippen LogP contribution in [0.1, 0.15) is 40.5 Å². The Balaban J connectivity index is 1.97.